The third-order valence-electron chi connectivity index (χ3n) is 3.51. The van der Waals surface area contributed by atoms with Crippen LogP contribution >= 0.6 is 11.3 Å². The van der Waals surface area contributed by atoms with Crippen LogP contribution in [0.25, 0.3) is 20.9 Å². The Bertz CT molecular complexity index is 678. The molecule has 0 unspecified atom stereocenters. The molecular weight excluding hydrogens is 304 g/mol. The molecule has 2 aromatic carbocycles. The van der Waals surface area contributed by atoms with Crippen molar-refractivity contribution in [3.8, 4) is 32.4 Å². The Morgan fingerprint density at radius 3 is 1.35 bits per heavy atom. The van der Waals surface area contributed by atoms with Crippen LogP contribution in [0.4, 0.5) is 0 Å². The Morgan fingerprint density at radius 2 is 1.00 bits per heavy atom. The molecule has 0 aliphatic heterocycles. The van der Waals surface area contributed by atoms with E-state index < -0.39 is 0 Å². The van der Waals surface area contributed by atoms with Crippen LogP contribution in [-0.2, 0) is 0 Å². The van der Waals surface area contributed by atoms with Crippen molar-refractivity contribution in [2.45, 2.75) is 13.8 Å². The predicted molar refractivity (Wildman–Crippen MR) is 97.5 cm³/mol. The maximum atomic E-state index is 5.49. The van der Waals surface area contributed by atoms with Crippen LogP contribution in [0.3, 0.4) is 0 Å². The molecule has 118 valence electrons. The number of rotatable bonds is 6. The van der Waals surface area contributed by atoms with Gasteiger partial charge in [-0.25, -0.2) is 0 Å². The van der Waals surface area contributed by atoms with Crippen molar-refractivity contribution in [1.82, 2.24) is 0 Å². The van der Waals surface area contributed by atoms with Crippen molar-refractivity contribution in [3.63, 3.8) is 0 Å². The molecule has 3 rings (SSSR count). The summed E-state index contributed by atoms with van der Waals surface area (Å²) in [4.78, 5) is 2.52. The summed E-state index contributed by atoms with van der Waals surface area (Å²) >= 11 is 1.80. The van der Waals surface area contributed by atoms with Gasteiger partial charge in [0.1, 0.15) is 11.5 Å². The van der Waals surface area contributed by atoms with Crippen LogP contribution in [0.15, 0.2) is 60.7 Å². The van der Waals surface area contributed by atoms with E-state index in [1.165, 1.54) is 20.9 Å². The second-order valence-electron chi connectivity index (χ2n) is 5.08. The van der Waals surface area contributed by atoms with Gasteiger partial charge >= 0.3 is 0 Å². The van der Waals surface area contributed by atoms with Crippen LogP contribution in [0.1, 0.15) is 13.8 Å². The Kier molecular flexibility index (Phi) is 4.99. The molecule has 0 saturated heterocycles. The highest BCUT2D eigenvalue weighted by Crippen LogP contribution is 2.35. The van der Waals surface area contributed by atoms with Crippen LogP contribution in [-0.4, -0.2) is 13.2 Å². The van der Waals surface area contributed by atoms with Gasteiger partial charge in [-0.05, 0) is 85.6 Å². The molecule has 0 saturated carbocycles. The summed E-state index contributed by atoms with van der Waals surface area (Å²) in [6, 6.07) is 20.9. The lowest BCUT2D eigenvalue weighted by Crippen LogP contribution is -1.90. The summed E-state index contributed by atoms with van der Waals surface area (Å²) < 4.78 is 11.0. The minimum absolute atomic E-state index is 0.695. The number of thiophene rings is 1. The van der Waals surface area contributed by atoms with E-state index >= 15 is 0 Å². The molecule has 0 aliphatic carbocycles. The first-order chi connectivity index (χ1) is 11.3. The zero-order chi connectivity index (χ0) is 16.1. The molecule has 0 spiro atoms. The molecule has 0 bridgehead atoms. The van der Waals surface area contributed by atoms with E-state index in [1.807, 2.05) is 38.1 Å². The van der Waals surface area contributed by atoms with Crippen molar-refractivity contribution >= 4 is 11.3 Å². The maximum Gasteiger partial charge on any atom is 0.119 e. The second kappa shape index (κ2) is 7.34. The van der Waals surface area contributed by atoms with E-state index in [1.54, 1.807) is 11.3 Å². The number of hydrogen-bond donors (Lipinski definition) is 0. The zero-order valence-electron chi connectivity index (χ0n) is 13.4. The number of benzene rings is 2. The van der Waals surface area contributed by atoms with Crippen LogP contribution < -0.4 is 9.47 Å². The minimum atomic E-state index is 0.695. The Morgan fingerprint density at radius 1 is 0.609 bits per heavy atom. The molecule has 23 heavy (non-hydrogen) atoms. The molecule has 0 aliphatic rings. The van der Waals surface area contributed by atoms with E-state index in [0.717, 1.165) is 11.5 Å². The molecule has 1 heterocycles. The van der Waals surface area contributed by atoms with E-state index in [9.17, 15) is 0 Å². The quantitative estimate of drug-likeness (QED) is 0.564. The highest BCUT2D eigenvalue weighted by atomic mass is 32.1. The smallest absolute Gasteiger partial charge is 0.119 e. The first kappa shape index (κ1) is 15.6. The molecule has 2 nitrogen and oxygen atoms in total. The third-order valence-corrected chi connectivity index (χ3v) is 4.69. The largest absolute Gasteiger partial charge is 0.494 e. The molecule has 0 N–H and O–H groups in total. The molecular formula is C20H20O2S. The van der Waals surface area contributed by atoms with Crippen LogP contribution in [0.2, 0.25) is 0 Å². The van der Waals surface area contributed by atoms with E-state index in [-0.39, 0.29) is 0 Å². The lowest BCUT2D eigenvalue weighted by atomic mass is 10.1. The van der Waals surface area contributed by atoms with Gasteiger partial charge in [0.15, 0.2) is 0 Å². The van der Waals surface area contributed by atoms with Gasteiger partial charge in [0.05, 0.1) is 13.2 Å². The van der Waals surface area contributed by atoms with Crippen LogP contribution in [0, 0.1) is 0 Å². The average Bonchev–Trinajstić information content (AvgIpc) is 3.07. The molecule has 0 fully saturated rings. The average molecular weight is 324 g/mol. The minimum Gasteiger partial charge on any atom is -0.494 e. The van der Waals surface area contributed by atoms with Crippen molar-refractivity contribution in [3.05, 3.63) is 60.7 Å². The molecule has 0 radical (unpaired) electrons. The van der Waals surface area contributed by atoms with Crippen molar-refractivity contribution in [1.29, 1.82) is 0 Å². The van der Waals surface area contributed by atoms with Crippen molar-refractivity contribution in [2.75, 3.05) is 13.2 Å². The third kappa shape index (κ3) is 3.74. The molecule has 1 aromatic heterocycles. The van der Waals surface area contributed by atoms with E-state index in [2.05, 4.69) is 36.4 Å². The number of ether oxygens (including phenoxy) is 2. The normalized spacial score (nSPS) is 10.5. The molecule has 3 aromatic rings. The van der Waals surface area contributed by atoms with E-state index in [4.69, 9.17) is 9.47 Å². The summed E-state index contributed by atoms with van der Waals surface area (Å²) in [5, 5.41) is 0. The first-order valence-corrected chi connectivity index (χ1v) is 8.68. The van der Waals surface area contributed by atoms with Gasteiger partial charge in [-0.1, -0.05) is 0 Å². The number of hydrogen-bond acceptors (Lipinski definition) is 3. The molecule has 0 amide bonds. The van der Waals surface area contributed by atoms with Gasteiger partial charge in [0, 0.05) is 9.75 Å². The Hall–Kier alpha value is -2.26. The lowest BCUT2D eigenvalue weighted by molar-refractivity contribution is 0.340. The summed E-state index contributed by atoms with van der Waals surface area (Å²) in [6.45, 7) is 5.38. The lowest BCUT2D eigenvalue weighted by Gasteiger charge is -2.04. The van der Waals surface area contributed by atoms with Gasteiger partial charge in [-0.15, -0.1) is 11.3 Å². The van der Waals surface area contributed by atoms with Crippen molar-refractivity contribution < 1.29 is 9.47 Å². The van der Waals surface area contributed by atoms with E-state index in [0.29, 0.717) is 13.2 Å². The van der Waals surface area contributed by atoms with Crippen molar-refractivity contribution in [2.24, 2.45) is 0 Å². The highest BCUT2D eigenvalue weighted by molar-refractivity contribution is 7.18. The first-order valence-electron chi connectivity index (χ1n) is 7.86. The SMILES string of the molecule is CCOc1ccc(-c2ccc(-c3ccc(OCC)cc3)s2)cc1. The maximum absolute atomic E-state index is 5.49. The topological polar surface area (TPSA) is 18.5 Å². The fourth-order valence-electron chi connectivity index (χ4n) is 2.41. The Balaban J connectivity index is 1.79. The highest BCUT2D eigenvalue weighted by Gasteiger charge is 2.06. The van der Waals surface area contributed by atoms with Gasteiger partial charge in [0.2, 0.25) is 0 Å². The van der Waals surface area contributed by atoms with Gasteiger partial charge in [0.25, 0.3) is 0 Å². The molecule has 0 atom stereocenters. The summed E-state index contributed by atoms with van der Waals surface area (Å²) in [5.74, 6) is 1.83. The summed E-state index contributed by atoms with van der Waals surface area (Å²) in [6.07, 6.45) is 0. The van der Waals surface area contributed by atoms with Crippen LogP contribution in [0.5, 0.6) is 11.5 Å². The van der Waals surface area contributed by atoms with Gasteiger partial charge < -0.3 is 9.47 Å². The fraction of sp³-hybridized carbons (Fsp3) is 0.200. The fourth-order valence-corrected chi connectivity index (χ4v) is 3.43. The monoisotopic (exact) mass is 324 g/mol. The predicted octanol–water partition coefficient (Wildman–Crippen LogP) is 5.88. The van der Waals surface area contributed by atoms with Gasteiger partial charge in [-0.3, -0.25) is 0 Å². The molecule has 3 heteroatoms. The standard InChI is InChI=1S/C20H20O2S/c1-3-21-17-9-5-15(6-10-17)19-13-14-20(23-19)16-7-11-18(12-8-16)22-4-2/h5-14H,3-4H2,1-2H3. The second-order valence-corrected chi connectivity index (χ2v) is 6.16. The zero-order valence-corrected chi connectivity index (χ0v) is 14.2. The summed E-state index contributed by atoms with van der Waals surface area (Å²) in [5.41, 5.74) is 2.44. The summed E-state index contributed by atoms with van der Waals surface area (Å²) in [7, 11) is 0. The Labute approximate surface area is 141 Å². The van der Waals surface area contributed by atoms with Gasteiger partial charge in [-0.2, -0.15) is 0 Å².